The van der Waals surface area contributed by atoms with Crippen LogP contribution in [-0.4, -0.2) is 20.2 Å². The maximum absolute atomic E-state index is 4.09. The first kappa shape index (κ1) is 12.7. The van der Waals surface area contributed by atoms with E-state index >= 15 is 0 Å². The minimum atomic E-state index is 0.766. The largest absolute Gasteiger partial charge is 0.381 e. The zero-order chi connectivity index (χ0) is 13.6. The van der Waals surface area contributed by atoms with Gasteiger partial charge in [0.05, 0.1) is 0 Å². The van der Waals surface area contributed by atoms with E-state index in [0.717, 1.165) is 27.8 Å². The van der Waals surface area contributed by atoms with Crippen LogP contribution in [0.3, 0.4) is 0 Å². The lowest BCUT2D eigenvalue weighted by Crippen LogP contribution is -1.99. The second kappa shape index (κ2) is 6.21. The molecule has 1 aromatic carbocycles. The van der Waals surface area contributed by atoms with Crippen LogP contribution in [0.2, 0.25) is 0 Å². The molecule has 0 aliphatic rings. The van der Waals surface area contributed by atoms with Crippen LogP contribution in [0.25, 0.3) is 0 Å². The van der Waals surface area contributed by atoms with Crippen molar-refractivity contribution in [2.24, 2.45) is 0 Å². The third kappa shape index (κ3) is 3.36. The highest BCUT2D eigenvalue weighted by Gasteiger charge is 2.00. The van der Waals surface area contributed by atoms with Gasteiger partial charge < -0.3 is 5.32 Å². The summed E-state index contributed by atoms with van der Waals surface area (Å²) in [5, 5.41) is 10.8. The number of nitrogens with zero attached hydrogens (tertiary/aromatic N) is 3. The van der Waals surface area contributed by atoms with Gasteiger partial charge in [-0.15, -0.1) is 0 Å². The summed E-state index contributed by atoms with van der Waals surface area (Å²) in [6.07, 6.45) is 5.15. The lowest BCUT2D eigenvalue weighted by molar-refractivity contribution is 0.973. The Morgan fingerprint density at radius 3 is 2.75 bits per heavy atom. The topological polar surface area (TPSA) is 66.5 Å². The highest BCUT2D eigenvalue weighted by molar-refractivity contribution is 7.99. The maximum Gasteiger partial charge on any atom is 0.188 e. The molecule has 0 saturated carbocycles. The quantitative estimate of drug-likeness (QED) is 0.753. The van der Waals surface area contributed by atoms with Crippen molar-refractivity contribution in [3.63, 3.8) is 0 Å². The third-order valence-electron chi connectivity index (χ3n) is 2.68. The average molecular weight is 283 g/mol. The van der Waals surface area contributed by atoms with Gasteiger partial charge in [-0.2, -0.15) is 5.10 Å². The van der Waals surface area contributed by atoms with Gasteiger partial charge in [-0.3, -0.25) is 10.1 Å². The lowest BCUT2D eigenvalue weighted by atomic mass is 10.2. The minimum Gasteiger partial charge on any atom is -0.381 e. The molecule has 0 saturated heterocycles. The molecule has 0 fully saturated rings. The van der Waals surface area contributed by atoms with Crippen molar-refractivity contribution >= 4 is 17.4 Å². The van der Waals surface area contributed by atoms with Gasteiger partial charge in [0.25, 0.3) is 0 Å². The van der Waals surface area contributed by atoms with E-state index in [1.807, 2.05) is 18.3 Å². The molecule has 2 heterocycles. The Labute approximate surface area is 120 Å². The van der Waals surface area contributed by atoms with Crippen molar-refractivity contribution in [3.8, 4) is 0 Å². The number of rotatable bonds is 5. The molecule has 3 aromatic rings. The van der Waals surface area contributed by atoms with E-state index in [2.05, 4.69) is 49.7 Å². The number of hydrogen-bond acceptors (Lipinski definition) is 5. The predicted octanol–water partition coefficient (Wildman–Crippen LogP) is 2.96. The predicted molar refractivity (Wildman–Crippen MR) is 78.5 cm³/mol. The van der Waals surface area contributed by atoms with Crippen LogP contribution in [0.5, 0.6) is 0 Å². The first-order valence-corrected chi connectivity index (χ1v) is 6.98. The van der Waals surface area contributed by atoms with Gasteiger partial charge in [-0.1, -0.05) is 17.8 Å². The summed E-state index contributed by atoms with van der Waals surface area (Å²) in [6.45, 7) is 0.766. The van der Waals surface area contributed by atoms with E-state index in [9.17, 15) is 0 Å². The zero-order valence-electron chi connectivity index (χ0n) is 10.7. The SMILES string of the molecule is c1cncc(CNc2ccc(Sc3ncn[nH]3)cc2)c1. The van der Waals surface area contributed by atoms with Crippen LogP contribution in [0.15, 0.2) is 65.2 Å². The molecule has 3 rings (SSSR count). The van der Waals surface area contributed by atoms with Crippen molar-refractivity contribution < 1.29 is 0 Å². The summed E-state index contributed by atoms with van der Waals surface area (Å²) in [5.74, 6) is 0. The zero-order valence-corrected chi connectivity index (χ0v) is 11.5. The molecular formula is C14H13N5S. The Morgan fingerprint density at radius 1 is 1.15 bits per heavy atom. The van der Waals surface area contributed by atoms with Crippen LogP contribution < -0.4 is 5.32 Å². The molecule has 0 spiro atoms. The number of anilines is 1. The van der Waals surface area contributed by atoms with Gasteiger partial charge in [0.2, 0.25) is 0 Å². The Kier molecular flexibility index (Phi) is 3.93. The minimum absolute atomic E-state index is 0.766. The highest BCUT2D eigenvalue weighted by atomic mass is 32.2. The van der Waals surface area contributed by atoms with Gasteiger partial charge >= 0.3 is 0 Å². The molecule has 5 nitrogen and oxygen atoms in total. The maximum atomic E-state index is 4.09. The molecule has 100 valence electrons. The molecular weight excluding hydrogens is 270 g/mol. The Hall–Kier alpha value is -2.34. The van der Waals surface area contributed by atoms with E-state index in [1.165, 1.54) is 6.33 Å². The highest BCUT2D eigenvalue weighted by Crippen LogP contribution is 2.25. The van der Waals surface area contributed by atoms with Crippen molar-refractivity contribution in [1.82, 2.24) is 20.2 Å². The van der Waals surface area contributed by atoms with E-state index in [4.69, 9.17) is 0 Å². The molecule has 0 unspecified atom stereocenters. The average Bonchev–Trinajstić information content (AvgIpc) is 3.01. The number of aromatic nitrogens is 4. The van der Waals surface area contributed by atoms with E-state index in [0.29, 0.717) is 0 Å². The number of nitrogens with one attached hydrogen (secondary N) is 2. The summed E-state index contributed by atoms with van der Waals surface area (Å²) in [6, 6.07) is 12.2. The van der Waals surface area contributed by atoms with Crippen LogP contribution in [0, 0.1) is 0 Å². The molecule has 0 radical (unpaired) electrons. The third-order valence-corrected chi connectivity index (χ3v) is 3.58. The Morgan fingerprint density at radius 2 is 2.05 bits per heavy atom. The molecule has 0 atom stereocenters. The molecule has 6 heteroatoms. The number of aromatic amines is 1. The normalized spacial score (nSPS) is 10.4. The van der Waals surface area contributed by atoms with Crippen molar-refractivity contribution in [2.75, 3.05) is 5.32 Å². The van der Waals surface area contributed by atoms with E-state index in [-0.39, 0.29) is 0 Å². The van der Waals surface area contributed by atoms with E-state index < -0.39 is 0 Å². The Bertz CT molecular complexity index is 637. The summed E-state index contributed by atoms with van der Waals surface area (Å²) in [5.41, 5.74) is 2.24. The summed E-state index contributed by atoms with van der Waals surface area (Å²) in [4.78, 5) is 9.30. The fourth-order valence-corrected chi connectivity index (χ4v) is 2.40. The number of benzene rings is 1. The first-order valence-electron chi connectivity index (χ1n) is 6.16. The molecule has 0 amide bonds. The van der Waals surface area contributed by atoms with Crippen LogP contribution >= 0.6 is 11.8 Å². The molecule has 0 bridgehead atoms. The number of H-pyrrole nitrogens is 1. The van der Waals surface area contributed by atoms with Crippen LogP contribution in [0.1, 0.15) is 5.56 Å². The van der Waals surface area contributed by atoms with E-state index in [1.54, 1.807) is 18.0 Å². The van der Waals surface area contributed by atoms with Gasteiger partial charge in [0.1, 0.15) is 6.33 Å². The van der Waals surface area contributed by atoms with Crippen molar-refractivity contribution in [2.45, 2.75) is 16.6 Å². The van der Waals surface area contributed by atoms with Gasteiger partial charge in [-0.05, 0) is 35.9 Å². The molecule has 2 N–H and O–H groups in total. The first-order chi connectivity index (χ1) is 9.90. The second-order valence-corrected chi connectivity index (χ2v) is 5.19. The van der Waals surface area contributed by atoms with Gasteiger partial charge in [0, 0.05) is 29.5 Å². The fourth-order valence-electron chi connectivity index (χ4n) is 1.70. The fraction of sp³-hybridized carbons (Fsp3) is 0.0714. The molecule has 20 heavy (non-hydrogen) atoms. The summed E-state index contributed by atoms with van der Waals surface area (Å²) in [7, 11) is 0. The monoisotopic (exact) mass is 283 g/mol. The van der Waals surface area contributed by atoms with Crippen molar-refractivity contribution in [3.05, 3.63) is 60.7 Å². The van der Waals surface area contributed by atoms with Gasteiger partial charge in [-0.25, -0.2) is 4.98 Å². The van der Waals surface area contributed by atoms with Crippen LogP contribution in [-0.2, 0) is 6.54 Å². The summed E-state index contributed by atoms with van der Waals surface area (Å²) >= 11 is 1.55. The smallest absolute Gasteiger partial charge is 0.188 e. The second-order valence-electron chi connectivity index (χ2n) is 4.13. The molecule has 2 aromatic heterocycles. The van der Waals surface area contributed by atoms with Gasteiger partial charge in [0.15, 0.2) is 5.16 Å². The molecule has 0 aliphatic heterocycles. The molecule has 0 aliphatic carbocycles. The number of hydrogen-bond donors (Lipinski definition) is 2. The summed E-state index contributed by atoms with van der Waals surface area (Å²) < 4.78 is 0. The van der Waals surface area contributed by atoms with Crippen LogP contribution in [0.4, 0.5) is 5.69 Å². The Balaban J connectivity index is 1.59. The number of pyridine rings is 1. The van der Waals surface area contributed by atoms with Crippen molar-refractivity contribution in [1.29, 1.82) is 0 Å². The lowest BCUT2D eigenvalue weighted by Gasteiger charge is -2.06. The standard InChI is InChI=1S/C14H13N5S/c1-2-11(8-15-7-1)9-16-12-3-5-13(6-4-12)20-14-17-10-18-19-14/h1-8,10,16H,9H2,(H,17,18,19).